The highest BCUT2D eigenvalue weighted by molar-refractivity contribution is 9.10. The number of rotatable bonds is 6. The molecule has 0 unspecified atom stereocenters. The van der Waals surface area contributed by atoms with Gasteiger partial charge in [-0.1, -0.05) is 35.0 Å². The van der Waals surface area contributed by atoms with Crippen LogP contribution in [0.3, 0.4) is 0 Å². The lowest BCUT2D eigenvalue weighted by Gasteiger charge is -2.09. The second-order valence-electron chi connectivity index (χ2n) is 6.05. The highest BCUT2D eigenvalue weighted by Crippen LogP contribution is 2.32. The van der Waals surface area contributed by atoms with E-state index in [4.69, 9.17) is 4.74 Å². The van der Waals surface area contributed by atoms with Crippen molar-refractivity contribution in [2.45, 2.75) is 13.3 Å². The molecule has 1 aliphatic heterocycles. The summed E-state index contributed by atoms with van der Waals surface area (Å²) in [6.45, 7) is 1.88. The number of halogens is 1. The molecule has 1 aliphatic rings. The Labute approximate surface area is 181 Å². The molecular formula is C21H19BrN2O4S. The van der Waals surface area contributed by atoms with E-state index in [-0.39, 0.29) is 12.5 Å². The molecule has 1 fully saturated rings. The molecule has 0 spiro atoms. The largest absolute Gasteiger partial charge is 0.481 e. The summed E-state index contributed by atoms with van der Waals surface area (Å²) >= 11 is 4.66. The van der Waals surface area contributed by atoms with Crippen LogP contribution >= 0.6 is 27.7 Å². The zero-order valence-corrected chi connectivity index (χ0v) is 18.3. The molecule has 2 aromatic rings. The van der Waals surface area contributed by atoms with E-state index in [1.807, 2.05) is 30.3 Å². The average molecular weight is 475 g/mol. The fraction of sp³-hybridized carbons (Fsp3) is 0.190. The Hall–Kier alpha value is -2.58. The van der Waals surface area contributed by atoms with Crippen LogP contribution in [0.1, 0.15) is 18.1 Å². The maximum Gasteiger partial charge on any atom is 0.343 e. The number of aliphatic imine (C=N–C) groups is 1. The van der Waals surface area contributed by atoms with E-state index in [2.05, 4.69) is 37.9 Å². The first-order valence-electron chi connectivity index (χ1n) is 8.86. The third kappa shape index (κ3) is 5.71. The van der Waals surface area contributed by atoms with Crippen molar-refractivity contribution in [2.24, 2.45) is 4.99 Å². The summed E-state index contributed by atoms with van der Waals surface area (Å²) < 4.78 is 10.9. The molecule has 0 radical (unpaired) electrons. The Morgan fingerprint density at radius 3 is 2.69 bits per heavy atom. The SMILES string of the molecule is CCc1ccc(N=C2NC(=O)/C(=C/c3cc(Br)ccc3OCC(=O)OC)S2)cc1. The van der Waals surface area contributed by atoms with Gasteiger partial charge in [0, 0.05) is 10.0 Å². The Balaban J connectivity index is 1.81. The predicted octanol–water partition coefficient (Wildman–Crippen LogP) is 4.45. The molecule has 0 aliphatic carbocycles. The molecule has 0 atom stereocenters. The van der Waals surface area contributed by atoms with E-state index in [0.29, 0.717) is 21.4 Å². The van der Waals surface area contributed by atoms with Gasteiger partial charge in [0.2, 0.25) is 0 Å². The van der Waals surface area contributed by atoms with Gasteiger partial charge in [-0.25, -0.2) is 9.79 Å². The number of carbonyl (C=O) groups excluding carboxylic acids is 2. The van der Waals surface area contributed by atoms with E-state index >= 15 is 0 Å². The summed E-state index contributed by atoms with van der Waals surface area (Å²) in [5.74, 6) is -0.249. The number of carbonyl (C=O) groups is 2. The maximum atomic E-state index is 12.4. The van der Waals surface area contributed by atoms with Gasteiger partial charge < -0.3 is 14.8 Å². The van der Waals surface area contributed by atoms with Crippen molar-refractivity contribution in [2.75, 3.05) is 13.7 Å². The van der Waals surface area contributed by atoms with Crippen LogP contribution in [-0.4, -0.2) is 30.8 Å². The van der Waals surface area contributed by atoms with E-state index in [0.717, 1.165) is 16.6 Å². The molecule has 1 saturated heterocycles. The fourth-order valence-electron chi connectivity index (χ4n) is 2.50. The third-order valence-electron chi connectivity index (χ3n) is 4.06. The monoisotopic (exact) mass is 474 g/mol. The normalized spacial score (nSPS) is 16.2. The Morgan fingerprint density at radius 1 is 1.24 bits per heavy atom. The first-order chi connectivity index (χ1) is 14.0. The van der Waals surface area contributed by atoms with E-state index < -0.39 is 5.97 Å². The Kier molecular flexibility index (Phi) is 7.11. The first kappa shape index (κ1) is 21.1. The third-order valence-corrected chi connectivity index (χ3v) is 5.46. The summed E-state index contributed by atoms with van der Waals surface area (Å²) in [4.78, 5) is 28.7. The molecule has 0 saturated carbocycles. The minimum absolute atomic E-state index is 0.214. The number of hydrogen-bond acceptors (Lipinski definition) is 6. The van der Waals surface area contributed by atoms with Gasteiger partial charge >= 0.3 is 5.97 Å². The van der Waals surface area contributed by atoms with Gasteiger partial charge in [-0.3, -0.25) is 4.79 Å². The fourth-order valence-corrected chi connectivity index (χ4v) is 3.72. The second-order valence-corrected chi connectivity index (χ2v) is 8.00. The number of methoxy groups -OCH3 is 1. The van der Waals surface area contributed by atoms with Gasteiger partial charge in [0.25, 0.3) is 5.91 Å². The summed E-state index contributed by atoms with van der Waals surface area (Å²) in [7, 11) is 1.30. The maximum absolute atomic E-state index is 12.4. The average Bonchev–Trinajstić information content (AvgIpc) is 3.06. The quantitative estimate of drug-likeness (QED) is 0.494. The van der Waals surface area contributed by atoms with Crippen molar-refractivity contribution < 1.29 is 19.1 Å². The van der Waals surface area contributed by atoms with Crippen molar-refractivity contribution in [3.63, 3.8) is 0 Å². The molecule has 1 heterocycles. The number of amides is 1. The zero-order chi connectivity index (χ0) is 20.8. The van der Waals surface area contributed by atoms with Crippen LogP contribution in [0.15, 0.2) is 56.8 Å². The number of aryl methyl sites for hydroxylation is 1. The van der Waals surface area contributed by atoms with Gasteiger partial charge in [0.1, 0.15) is 5.75 Å². The van der Waals surface area contributed by atoms with Crippen molar-refractivity contribution >= 4 is 56.5 Å². The van der Waals surface area contributed by atoms with Crippen molar-refractivity contribution in [1.29, 1.82) is 0 Å². The van der Waals surface area contributed by atoms with Gasteiger partial charge in [-0.05, 0) is 60.2 Å². The zero-order valence-electron chi connectivity index (χ0n) is 15.9. The van der Waals surface area contributed by atoms with Crippen LogP contribution in [-0.2, 0) is 20.7 Å². The highest BCUT2D eigenvalue weighted by Gasteiger charge is 2.24. The summed E-state index contributed by atoms with van der Waals surface area (Å²) in [6.07, 6.45) is 2.67. The number of benzene rings is 2. The predicted molar refractivity (Wildman–Crippen MR) is 118 cm³/mol. The van der Waals surface area contributed by atoms with Gasteiger partial charge in [0.05, 0.1) is 17.7 Å². The second kappa shape index (κ2) is 9.76. The number of nitrogens with one attached hydrogen (secondary N) is 1. The van der Waals surface area contributed by atoms with Gasteiger partial charge in [0.15, 0.2) is 11.8 Å². The highest BCUT2D eigenvalue weighted by atomic mass is 79.9. The molecule has 2 aromatic carbocycles. The Morgan fingerprint density at radius 2 is 2.00 bits per heavy atom. The van der Waals surface area contributed by atoms with Crippen molar-refractivity contribution in [1.82, 2.24) is 5.32 Å². The number of esters is 1. The molecule has 3 rings (SSSR count). The van der Waals surface area contributed by atoms with Gasteiger partial charge in [-0.2, -0.15) is 0 Å². The molecule has 1 N–H and O–H groups in total. The molecule has 0 bridgehead atoms. The van der Waals surface area contributed by atoms with Crippen LogP contribution in [0.25, 0.3) is 6.08 Å². The smallest absolute Gasteiger partial charge is 0.343 e. The first-order valence-corrected chi connectivity index (χ1v) is 10.5. The van der Waals surface area contributed by atoms with Crippen LogP contribution < -0.4 is 10.1 Å². The molecule has 0 aromatic heterocycles. The molecule has 150 valence electrons. The lowest BCUT2D eigenvalue weighted by molar-refractivity contribution is -0.142. The van der Waals surface area contributed by atoms with Crippen LogP contribution in [0.5, 0.6) is 5.75 Å². The number of ether oxygens (including phenoxy) is 2. The number of nitrogens with zero attached hydrogens (tertiary/aromatic N) is 1. The van der Waals surface area contributed by atoms with Crippen LogP contribution in [0.2, 0.25) is 0 Å². The van der Waals surface area contributed by atoms with Crippen LogP contribution in [0.4, 0.5) is 5.69 Å². The Bertz CT molecular complexity index is 987. The van der Waals surface area contributed by atoms with Crippen molar-refractivity contribution in [3.8, 4) is 5.75 Å². The molecule has 1 amide bonds. The summed E-state index contributed by atoms with van der Waals surface area (Å²) in [5.41, 5.74) is 2.66. The lowest BCUT2D eigenvalue weighted by Crippen LogP contribution is -2.19. The minimum atomic E-state index is -0.483. The number of amidine groups is 1. The minimum Gasteiger partial charge on any atom is -0.481 e. The number of thioether (sulfide) groups is 1. The topological polar surface area (TPSA) is 77.0 Å². The summed E-state index contributed by atoms with van der Waals surface area (Å²) in [6, 6.07) is 13.2. The van der Waals surface area contributed by atoms with Gasteiger partial charge in [-0.15, -0.1) is 0 Å². The van der Waals surface area contributed by atoms with Crippen molar-refractivity contribution in [3.05, 3.63) is 63.0 Å². The number of hydrogen-bond donors (Lipinski definition) is 1. The summed E-state index contributed by atoms with van der Waals surface area (Å²) in [5, 5.41) is 3.29. The molecule has 6 nitrogen and oxygen atoms in total. The van der Waals surface area contributed by atoms with Crippen LogP contribution in [0, 0.1) is 0 Å². The van der Waals surface area contributed by atoms with E-state index in [1.165, 1.54) is 24.4 Å². The molecule has 8 heteroatoms. The molecule has 29 heavy (non-hydrogen) atoms. The standard InChI is InChI=1S/C21H19BrN2O4S/c1-3-13-4-7-16(8-5-13)23-21-24-20(26)18(29-21)11-14-10-15(22)6-9-17(14)28-12-19(25)27-2/h4-11H,3,12H2,1-2H3,(H,23,24,26)/b18-11-. The van der Waals surface area contributed by atoms with E-state index in [9.17, 15) is 9.59 Å². The molecular weight excluding hydrogens is 456 g/mol. The van der Waals surface area contributed by atoms with E-state index in [1.54, 1.807) is 18.2 Å². The lowest BCUT2D eigenvalue weighted by atomic mass is 10.2.